The molecule has 0 aromatic heterocycles. The quantitative estimate of drug-likeness (QED) is 0.551. The Morgan fingerprint density at radius 1 is 1.40 bits per heavy atom. The van der Waals surface area contributed by atoms with Crippen molar-refractivity contribution in [2.24, 2.45) is 16.6 Å². The van der Waals surface area contributed by atoms with E-state index in [2.05, 4.69) is 37.6 Å². The van der Waals surface area contributed by atoms with Gasteiger partial charge in [-0.2, -0.15) is 0 Å². The maximum Gasteiger partial charge on any atom is 0.191 e. The van der Waals surface area contributed by atoms with Crippen molar-refractivity contribution in [1.82, 2.24) is 4.90 Å². The molecule has 0 aromatic carbocycles. The Bertz CT molecular complexity index is 218. The molecule has 1 fully saturated rings. The molecule has 0 unspecified atom stereocenters. The maximum absolute atomic E-state index is 5.94. The molecule has 1 rings (SSSR count). The van der Waals surface area contributed by atoms with Crippen LogP contribution in [-0.4, -0.2) is 42.7 Å². The third-order valence-corrected chi connectivity index (χ3v) is 2.36. The first-order valence-electron chi connectivity index (χ1n) is 5.69. The molecule has 0 bridgehead atoms. The number of ether oxygens (including phenoxy) is 1. The van der Waals surface area contributed by atoms with Crippen molar-refractivity contribution in [3.05, 3.63) is 0 Å². The molecule has 0 aromatic rings. The highest BCUT2D eigenvalue weighted by atomic mass is 16.5. The SMILES string of the molecule is CC(C)CN=C(N)N1C[C@@H](C)O[C@@H](C)C1. The highest BCUT2D eigenvalue weighted by Gasteiger charge is 2.23. The van der Waals surface area contributed by atoms with Gasteiger partial charge in [0.15, 0.2) is 5.96 Å². The summed E-state index contributed by atoms with van der Waals surface area (Å²) >= 11 is 0. The zero-order chi connectivity index (χ0) is 11.4. The number of morpholine rings is 1. The lowest BCUT2D eigenvalue weighted by atomic mass is 10.2. The van der Waals surface area contributed by atoms with E-state index in [0.29, 0.717) is 11.9 Å². The van der Waals surface area contributed by atoms with Crippen LogP contribution in [0.25, 0.3) is 0 Å². The van der Waals surface area contributed by atoms with Crippen LogP contribution in [0.15, 0.2) is 4.99 Å². The molecule has 1 heterocycles. The molecule has 0 saturated carbocycles. The van der Waals surface area contributed by atoms with Crippen LogP contribution in [0, 0.1) is 5.92 Å². The lowest BCUT2D eigenvalue weighted by molar-refractivity contribution is -0.0484. The molecule has 0 radical (unpaired) electrons. The van der Waals surface area contributed by atoms with E-state index in [4.69, 9.17) is 10.5 Å². The molecule has 4 nitrogen and oxygen atoms in total. The first kappa shape index (κ1) is 12.3. The summed E-state index contributed by atoms with van der Waals surface area (Å²) in [6, 6.07) is 0. The predicted molar refractivity (Wildman–Crippen MR) is 62.9 cm³/mol. The molecule has 0 aliphatic carbocycles. The van der Waals surface area contributed by atoms with Gasteiger partial charge in [0.2, 0.25) is 0 Å². The maximum atomic E-state index is 5.94. The first-order chi connectivity index (χ1) is 6.99. The van der Waals surface area contributed by atoms with Gasteiger partial charge in [-0.3, -0.25) is 4.99 Å². The number of nitrogens with zero attached hydrogens (tertiary/aromatic N) is 2. The average molecular weight is 213 g/mol. The Hall–Kier alpha value is -0.770. The lowest BCUT2D eigenvalue weighted by Crippen LogP contribution is -2.51. The van der Waals surface area contributed by atoms with Crippen LogP contribution in [0.5, 0.6) is 0 Å². The van der Waals surface area contributed by atoms with Crippen LogP contribution in [0.2, 0.25) is 0 Å². The highest BCUT2D eigenvalue weighted by molar-refractivity contribution is 5.78. The van der Waals surface area contributed by atoms with E-state index in [1.54, 1.807) is 0 Å². The molecule has 4 heteroatoms. The number of guanidine groups is 1. The molecule has 0 amide bonds. The van der Waals surface area contributed by atoms with E-state index < -0.39 is 0 Å². The smallest absolute Gasteiger partial charge is 0.191 e. The van der Waals surface area contributed by atoms with Crippen LogP contribution in [0.4, 0.5) is 0 Å². The summed E-state index contributed by atoms with van der Waals surface area (Å²) in [5, 5.41) is 0. The first-order valence-corrected chi connectivity index (χ1v) is 5.69. The average Bonchev–Trinajstić information content (AvgIpc) is 2.12. The van der Waals surface area contributed by atoms with E-state index in [-0.39, 0.29) is 12.2 Å². The van der Waals surface area contributed by atoms with Gasteiger partial charge >= 0.3 is 0 Å². The zero-order valence-corrected chi connectivity index (χ0v) is 10.2. The normalized spacial score (nSPS) is 28.6. The number of hydrogen-bond acceptors (Lipinski definition) is 2. The van der Waals surface area contributed by atoms with E-state index >= 15 is 0 Å². The topological polar surface area (TPSA) is 50.8 Å². The Kier molecular flexibility index (Phi) is 4.39. The minimum Gasteiger partial charge on any atom is -0.372 e. The fourth-order valence-electron chi connectivity index (χ4n) is 1.74. The van der Waals surface area contributed by atoms with Crippen molar-refractivity contribution in [1.29, 1.82) is 0 Å². The third-order valence-electron chi connectivity index (χ3n) is 2.36. The van der Waals surface area contributed by atoms with E-state index in [1.807, 2.05) is 0 Å². The molecular weight excluding hydrogens is 190 g/mol. The second kappa shape index (κ2) is 5.35. The monoisotopic (exact) mass is 213 g/mol. The van der Waals surface area contributed by atoms with Gasteiger partial charge in [0, 0.05) is 19.6 Å². The highest BCUT2D eigenvalue weighted by Crippen LogP contribution is 2.10. The third kappa shape index (κ3) is 4.08. The molecular formula is C11H23N3O. The Morgan fingerprint density at radius 2 is 1.93 bits per heavy atom. The standard InChI is InChI=1S/C11H23N3O/c1-8(2)5-13-11(12)14-6-9(3)15-10(4)7-14/h8-10H,5-7H2,1-4H3,(H2,12,13)/t9-,10+. The number of rotatable bonds is 2. The zero-order valence-electron chi connectivity index (χ0n) is 10.2. The minimum absolute atomic E-state index is 0.238. The number of aliphatic imine (C=N–C) groups is 1. The van der Waals surface area contributed by atoms with E-state index in [1.165, 1.54) is 0 Å². The fourth-order valence-corrected chi connectivity index (χ4v) is 1.74. The van der Waals surface area contributed by atoms with Gasteiger partial charge < -0.3 is 15.4 Å². The fraction of sp³-hybridized carbons (Fsp3) is 0.909. The second-order valence-corrected chi connectivity index (χ2v) is 4.76. The summed E-state index contributed by atoms with van der Waals surface area (Å²) < 4.78 is 5.64. The summed E-state index contributed by atoms with van der Waals surface area (Å²) in [5.41, 5.74) is 5.94. The van der Waals surface area contributed by atoms with E-state index in [0.717, 1.165) is 19.6 Å². The van der Waals surface area contributed by atoms with Crippen LogP contribution in [0.1, 0.15) is 27.7 Å². The summed E-state index contributed by atoms with van der Waals surface area (Å²) in [4.78, 5) is 6.49. The molecule has 88 valence electrons. The van der Waals surface area contributed by atoms with Gasteiger partial charge in [-0.05, 0) is 19.8 Å². The van der Waals surface area contributed by atoms with Crippen molar-refractivity contribution in [3.8, 4) is 0 Å². The van der Waals surface area contributed by atoms with Crippen molar-refractivity contribution in [3.63, 3.8) is 0 Å². The molecule has 1 aliphatic rings. The Morgan fingerprint density at radius 3 is 2.40 bits per heavy atom. The van der Waals surface area contributed by atoms with Crippen molar-refractivity contribution < 1.29 is 4.74 Å². The Balaban J connectivity index is 2.51. The van der Waals surface area contributed by atoms with Crippen LogP contribution in [0.3, 0.4) is 0 Å². The molecule has 2 N–H and O–H groups in total. The van der Waals surface area contributed by atoms with Crippen LogP contribution >= 0.6 is 0 Å². The summed E-state index contributed by atoms with van der Waals surface area (Å²) in [6.07, 6.45) is 0.475. The summed E-state index contributed by atoms with van der Waals surface area (Å²) in [6.45, 7) is 10.9. The van der Waals surface area contributed by atoms with Crippen molar-refractivity contribution >= 4 is 5.96 Å². The van der Waals surface area contributed by atoms with Gasteiger partial charge in [-0.25, -0.2) is 0 Å². The predicted octanol–water partition coefficient (Wildman–Crippen LogP) is 1.07. The molecule has 0 spiro atoms. The minimum atomic E-state index is 0.238. The molecule has 1 aliphatic heterocycles. The van der Waals surface area contributed by atoms with Crippen LogP contribution < -0.4 is 5.73 Å². The van der Waals surface area contributed by atoms with E-state index in [9.17, 15) is 0 Å². The van der Waals surface area contributed by atoms with Crippen molar-refractivity contribution in [2.45, 2.75) is 39.9 Å². The van der Waals surface area contributed by atoms with Gasteiger partial charge in [0.1, 0.15) is 0 Å². The molecule has 2 atom stereocenters. The van der Waals surface area contributed by atoms with Gasteiger partial charge in [0.05, 0.1) is 12.2 Å². The molecule has 15 heavy (non-hydrogen) atoms. The molecule has 1 saturated heterocycles. The number of hydrogen-bond donors (Lipinski definition) is 1. The van der Waals surface area contributed by atoms with Crippen molar-refractivity contribution in [2.75, 3.05) is 19.6 Å². The summed E-state index contributed by atoms with van der Waals surface area (Å²) in [5.74, 6) is 1.21. The largest absolute Gasteiger partial charge is 0.372 e. The van der Waals surface area contributed by atoms with Gasteiger partial charge in [-0.15, -0.1) is 0 Å². The van der Waals surface area contributed by atoms with Gasteiger partial charge in [0.25, 0.3) is 0 Å². The van der Waals surface area contributed by atoms with Gasteiger partial charge in [-0.1, -0.05) is 13.8 Å². The van der Waals surface area contributed by atoms with Crippen LogP contribution in [-0.2, 0) is 4.74 Å². The summed E-state index contributed by atoms with van der Waals surface area (Å²) in [7, 11) is 0. The Labute approximate surface area is 92.5 Å². The number of nitrogens with two attached hydrogens (primary N) is 1. The lowest BCUT2D eigenvalue weighted by Gasteiger charge is -2.36. The second-order valence-electron chi connectivity index (χ2n) is 4.76.